The van der Waals surface area contributed by atoms with Crippen molar-refractivity contribution in [2.45, 2.75) is 13.5 Å². The summed E-state index contributed by atoms with van der Waals surface area (Å²) in [5.74, 6) is 0.415. The molecule has 0 bridgehead atoms. The lowest BCUT2D eigenvalue weighted by Crippen LogP contribution is -2.20. The maximum atomic E-state index is 8.64. The van der Waals surface area contributed by atoms with Crippen molar-refractivity contribution >= 4 is 5.84 Å². The zero-order chi connectivity index (χ0) is 12.3. The van der Waals surface area contributed by atoms with Crippen LogP contribution in [0.3, 0.4) is 0 Å². The van der Waals surface area contributed by atoms with Crippen molar-refractivity contribution in [2.24, 2.45) is 10.9 Å². The number of amidine groups is 1. The van der Waals surface area contributed by atoms with Crippen LogP contribution in [0.25, 0.3) is 0 Å². The predicted molar refractivity (Wildman–Crippen MR) is 62.8 cm³/mol. The van der Waals surface area contributed by atoms with Gasteiger partial charge in [0.15, 0.2) is 5.82 Å². The number of hydrogen-bond donors (Lipinski definition) is 2. The molecule has 0 unspecified atom stereocenters. The monoisotopic (exact) mass is 231 g/mol. The Morgan fingerprint density at radius 2 is 2.35 bits per heavy atom. The van der Waals surface area contributed by atoms with Crippen molar-refractivity contribution in [2.75, 3.05) is 0 Å². The summed E-state index contributed by atoms with van der Waals surface area (Å²) in [6.07, 6.45) is 3.36. The lowest BCUT2D eigenvalue weighted by atomic mass is 10.3. The Bertz CT molecular complexity index is 546. The van der Waals surface area contributed by atoms with Gasteiger partial charge >= 0.3 is 0 Å². The second-order valence-electron chi connectivity index (χ2n) is 3.63. The van der Waals surface area contributed by atoms with E-state index < -0.39 is 0 Å². The van der Waals surface area contributed by atoms with Crippen molar-refractivity contribution in [3.8, 4) is 0 Å². The summed E-state index contributed by atoms with van der Waals surface area (Å²) in [6.45, 7) is 2.47. The van der Waals surface area contributed by atoms with Gasteiger partial charge < -0.3 is 15.5 Å². The molecule has 0 aliphatic carbocycles. The van der Waals surface area contributed by atoms with Crippen molar-refractivity contribution in [3.05, 3.63) is 47.8 Å². The molecule has 0 fully saturated rings. The van der Waals surface area contributed by atoms with E-state index in [1.807, 2.05) is 25.1 Å². The second-order valence-corrected chi connectivity index (χ2v) is 3.63. The minimum Gasteiger partial charge on any atom is -0.409 e. The zero-order valence-corrected chi connectivity index (χ0v) is 9.41. The van der Waals surface area contributed by atoms with Gasteiger partial charge in [-0.3, -0.25) is 4.98 Å². The summed E-state index contributed by atoms with van der Waals surface area (Å²) < 4.78 is 1.77. The molecule has 17 heavy (non-hydrogen) atoms. The third-order valence-electron chi connectivity index (χ3n) is 2.33. The summed E-state index contributed by atoms with van der Waals surface area (Å²) in [5.41, 5.74) is 7.37. The molecule has 6 heteroatoms. The summed E-state index contributed by atoms with van der Waals surface area (Å²) in [6, 6.07) is 5.79. The lowest BCUT2D eigenvalue weighted by Gasteiger charge is -2.06. The van der Waals surface area contributed by atoms with Gasteiger partial charge in [-0.15, -0.1) is 0 Å². The van der Waals surface area contributed by atoms with E-state index in [-0.39, 0.29) is 5.84 Å². The number of aromatic nitrogens is 3. The number of nitrogens with two attached hydrogens (primary N) is 1. The van der Waals surface area contributed by atoms with Gasteiger partial charge in [0.25, 0.3) is 0 Å². The predicted octanol–water partition coefficient (Wildman–Crippen LogP) is 0.729. The van der Waals surface area contributed by atoms with Gasteiger partial charge in [-0.2, -0.15) is 0 Å². The topological polar surface area (TPSA) is 89.3 Å². The number of pyridine rings is 1. The molecule has 0 amide bonds. The molecule has 2 aromatic heterocycles. The maximum absolute atomic E-state index is 8.64. The fourth-order valence-corrected chi connectivity index (χ4v) is 1.58. The minimum absolute atomic E-state index is 0.0114. The molecule has 2 aromatic rings. The van der Waals surface area contributed by atoms with Crippen LogP contribution in [0.1, 0.15) is 17.2 Å². The van der Waals surface area contributed by atoms with E-state index in [4.69, 9.17) is 10.9 Å². The van der Waals surface area contributed by atoms with Crippen molar-refractivity contribution in [1.82, 2.24) is 14.5 Å². The molecule has 6 nitrogen and oxygen atoms in total. The van der Waals surface area contributed by atoms with Crippen LogP contribution in [-0.4, -0.2) is 25.6 Å². The standard InChI is InChI=1S/C11H13N5O/c1-8-3-2-4-9(14-8)7-16-6-5-13-11(16)10(12)15-17/h2-6,17H,7H2,1H3,(H2,12,15). The van der Waals surface area contributed by atoms with Crippen LogP contribution in [-0.2, 0) is 6.54 Å². The molecule has 2 heterocycles. The van der Waals surface area contributed by atoms with Gasteiger partial charge in [-0.1, -0.05) is 11.2 Å². The van der Waals surface area contributed by atoms with Crippen LogP contribution >= 0.6 is 0 Å². The summed E-state index contributed by atoms with van der Waals surface area (Å²) in [5, 5.41) is 11.6. The van der Waals surface area contributed by atoms with E-state index in [1.54, 1.807) is 17.0 Å². The molecule has 0 saturated carbocycles. The third-order valence-corrected chi connectivity index (χ3v) is 2.33. The van der Waals surface area contributed by atoms with Gasteiger partial charge in [0.05, 0.1) is 12.2 Å². The first-order valence-electron chi connectivity index (χ1n) is 5.12. The first kappa shape index (κ1) is 11.1. The Kier molecular flexibility index (Phi) is 3.04. The Balaban J connectivity index is 2.28. The molecule has 0 radical (unpaired) electrons. The van der Waals surface area contributed by atoms with E-state index in [0.29, 0.717) is 12.4 Å². The van der Waals surface area contributed by atoms with Crippen LogP contribution in [0, 0.1) is 6.92 Å². The highest BCUT2D eigenvalue weighted by atomic mass is 16.4. The Hall–Kier alpha value is -2.37. The smallest absolute Gasteiger partial charge is 0.206 e. The number of aryl methyl sites for hydroxylation is 1. The Morgan fingerprint density at radius 3 is 3.06 bits per heavy atom. The summed E-state index contributed by atoms with van der Waals surface area (Å²) in [7, 11) is 0. The first-order chi connectivity index (χ1) is 8.20. The summed E-state index contributed by atoms with van der Waals surface area (Å²) >= 11 is 0. The van der Waals surface area contributed by atoms with Crippen LogP contribution in [0.2, 0.25) is 0 Å². The van der Waals surface area contributed by atoms with E-state index in [1.165, 1.54) is 0 Å². The van der Waals surface area contributed by atoms with Crippen LogP contribution in [0.15, 0.2) is 35.7 Å². The average Bonchev–Trinajstić information content (AvgIpc) is 2.76. The van der Waals surface area contributed by atoms with Crippen molar-refractivity contribution in [3.63, 3.8) is 0 Å². The number of hydrogen-bond acceptors (Lipinski definition) is 4. The molecule has 88 valence electrons. The molecule has 3 N–H and O–H groups in total. The molecule has 2 rings (SSSR count). The van der Waals surface area contributed by atoms with Gasteiger partial charge in [0.1, 0.15) is 0 Å². The second kappa shape index (κ2) is 4.65. The fourth-order valence-electron chi connectivity index (χ4n) is 1.58. The summed E-state index contributed by atoms with van der Waals surface area (Å²) in [4.78, 5) is 8.41. The Labute approximate surface area is 98.4 Å². The number of imidazole rings is 1. The molecular formula is C11H13N5O. The van der Waals surface area contributed by atoms with E-state index in [2.05, 4.69) is 15.1 Å². The molecule has 0 aliphatic rings. The largest absolute Gasteiger partial charge is 0.409 e. The average molecular weight is 231 g/mol. The van der Waals surface area contributed by atoms with Gasteiger partial charge in [-0.05, 0) is 19.1 Å². The van der Waals surface area contributed by atoms with Crippen molar-refractivity contribution < 1.29 is 5.21 Å². The van der Waals surface area contributed by atoms with Crippen LogP contribution in [0.4, 0.5) is 0 Å². The molecule has 0 atom stereocenters. The Morgan fingerprint density at radius 1 is 1.53 bits per heavy atom. The molecular weight excluding hydrogens is 218 g/mol. The fraction of sp³-hybridized carbons (Fsp3) is 0.182. The van der Waals surface area contributed by atoms with E-state index >= 15 is 0 Å². The van der Waals surface area contributed by atoms with Crippen LogP contribution < -0.4 is 5.73 Å². The highest BCUT2D eigenvalue weighted by Gasteiger charge is 2.08. The van der Waals surface area contributed by atoms with Crippen LogP contribution in [0.5, 0.6) is 0 Å². The zero-order valence-electron chi connectivity index (χ0n) is 9.41. The van der Waals surface area contributed by atoms with E-state index in [0.717, 1.165) is 11.4 Å². The molecule has 0 aromatic carbocycles. The SMILES string of the molecule is Cc1cccc(Cn2ccnc2C(N)=NO)n1. The molecule has 0 saturated heterocycles. The lowest BCUT2D eigenvalue weighted by molar-refractivity contribution is 0.318. The minimum atomic E-state index is -0.0114. The first-order valence-corrected chi connectivity index (χ1v) is 5.12. The van der Waals surface area contributed by atoms with Gasteiger partial charge in [0.2, 0.25) is 5.84 Å². The molecule has 0 spiro atoms. The van der Waals surface area contributed by atoms with E-state index in [9.17, 15) is 0 Å². The van der Waals surface area contributed by atoms with Gasteiger partial charge in [-0.25, -0.2) is 4.98 Å². The third kappa shape index (κ3) is 2.41. The maximum Gasteiger partial charge on any atom is 0.206 e. The quantitative estimate of drug-likeness (QED) is 0.352. The number of oxime groups is 1. The van der Waals surface area contributed by atoms with Gasteiger partial charge in [0, 0.05) is 18.1 Å². The highest BCUT2D eigenvalue weighted by Crippen LogP contribution is 2.04. The van der Waals surface area contributed by atoms with Crippen molar-refractivity contribution in [1.29, 1.82) is 0 Å². The number of rotatable bonds is 3. The normalized spacial score (nSPS) is 11.7. The number of nitrogens with zero attached hydrogens (tertiary/aromatic N) is 4. The molecule has 0 aliphatic heterocycles. The highest BCUT2D eigenvalue weighted by molar-refractivity contribution is 5.93.